The third-order valence-corrected chi connectivity index (χ3v) is 3.25. The number of benzene rings is 1. The zero-order valence-electron chi connectivity index (χ0n) is 12.1. The summed E-state index contributed by atoms with van der Waals surface area (Å²) in [5.74, 6) is 0.373. The van der Waals surface area contributed by atoms with Gasteiger partial charge in [0.15, 0.2) is 0 Å². The Balaban J connectivity index is 3.07. The first-order valence-corrected chi connectivity index (χ1v) is 8.03. The Kier molecular flexibility index (Phi) is 6.09. The van der Waals surface area contributed by atoms with E-state index in [-0.39, 0.29) is 5.69 Å². The Bertz CT molecular complexity index is 525. The van der Waals surface area contributed by atoms with Crippen LogP contribution in [0.4, 0.5) is 11.4 Å². The zero-order chi connectivity index (χ0) is 15.2. The molecule has 0 saturated carbocycles. The molecule has 1 aromatic rings. The van der Waals surface area contributed by atoms with Crippen molar-refractivity contribution in [3.05, 3.63) is 18.2 Å². The summed E-state index contributed by atoms with van der Waals surface area (Å²) in [6, 6.07) is 5.15. The van der Waals surface area contributed by atoms with Gasteiger partial charge in [-0.05, 0) is 25.0 Å². The minimum atomic E-state index is -4.31. The maximum Gasteiger partial charge on any atom is 0.357 e. The predicted octanol–water partition coefficient (Wildman–Crippen LogP) is 2.54. The number of hydrogen-bond acceptors (Lipinski definition) is 4. The molecule has 0 radical (unpaired) electrons. The number of nitrogens with one attached hydrogen (secondary N) is 1. The molecule has 0 saturated heterocycles. The van der Waals surface area contributed by atoms with E-state index in [2.05, 4.69) is 18.7 Å². The molecule has 7 heteroatoms. The highest BCUT2D eigenvalue weighted by molar-refractivity contribution is 7.87. The van der Waals surface area contributed by atoms with Crippen LogP contribution in [0.5, 0.6) is 5.75 Å². The van der Waals surface area contributed by atoms with Crippen molar-refractivity contribution >= 4 is 21.7 Å². The van der Waals surface area contributed by atoms with Crippen molar-refractivity contribution in [1.82, 2.24) is 0 Å². The van der Waals surface area contributed by atoms with Crippen LogP contribution in [0.25, 0.3) is 0 Å². The highest BCUT2D eigenvalue weighted by atomic mass is 32.2. The van der Waals surface area contributed by atoms with E-state index in [1.807, 2.05) is 4.72 Å². The van der Waals surface area contributed by atoms with Crippen molar-refractivity contribution in [3.8, 4) is 5.75 Å². The second-order valence-electron chi connectivity index (χ2n) is 4.45. The minimum Gasteiger partial charge on any atom is -0.494 e. The summed E-state index contributed by atoms with van der Waals surface area (Å²) < 4.78 is 37.8. The third-order valence-electron chi connectivity index (χ3n) is 2.78. The number of hydrogen-bond donors (Lipinski definition) is 2. The first-order chi connectivity index (χ1) is 9.41. The fraction of sp³-hybridized carbons (Fsp3) is 0.538. The van der Waals surface area contributed by atoms with E-state index >= 15 is 0 Å². The van der Waals surface area contributed by atoms with Crippen molar-refractivity contribution in [2.45, 2.75) is 26.7 Å². The Hall–Kier alpha value is -1.47. The molecule has 114 valence electrons. The molecular formula is C13H22N2O4S. The molecular weight excluding hydrogens is 280 g/mol. The molecule has 1 rings (SSSR count). The SMILES string of the molecule is CCCN(CCC)c1ccc(NS(=O)(=O)O)c(OC)c1. The molecule has 0 amide bonds. The van der Waals surface area contributed by atoms with E-state index in [0.29, 0.717) is 5.75 Å². The van der Waals surface area contributed by atoms with E-state index in [1.54, 1.807) is 18.2 Å². The summed E-state index contributed by atoms with van der Waals surface area (Å²) in [7, 11) is -2.85. The second kappa shape index (κ2) is 7.35. The van der Waals surface area contributed by atoms with E-state index < -0.39 is 10.3 Å². The largest absolute Gasteiger partial charge is 0.494 e. The molecule has 0 aliphatic heterocycles. The van der Waals surface area contributed by atoms with Crippen LogP contribution >= 0.6 is 0 Å². The molecule has 1 aromatic carbocycles. The van der Waals surface area contributed by atoms with Crippen molar-refractivity contribution in [3.63, 3.8) is 0 Å². The first kappa shape index (κ1) is 16.6. The van der Waals surface area contributed by atoms with Crippen molar-refractivity contribution in [2.24, 2.45) is 0 Å². The zero-order valence-corrected chi connectivity index (χ0v) is 12.9. The van der Waals surface area contributed by atoms with Gasteiger partial charge >= 0.3 is 10.3 Å². The Morgan fingerprint density at radius 2 is 1.85 bits per heavy atom. The van der Waals surface area contributed by atoms with Crippen molar-refractivity contribution in [2.75, 3.05) is 29.8 Å². The molecule has 0 aromatic heterocycles. The van der Waals surface area contributed by atoms with Crippen LogP contribution < -0.4 is 14.4 Å². The van der Waals surface area contributed by atoms with Crippen molar-refractivity contribution in [1.29, 1.82) is 0 Å². The summed E-state index contributed by atoms with van der Waals surface area (Å²) >= 11 is 0. The summed E-state index contributed by atoms with van der Waals surface area (Å²) in [6.45, 7) is 6.05. The Morgan fingerprint density at radius 1 is 1.25 bits per heavy atom. The maximum atomic E-state index is 10.9. The standard InChI is InChI=1S/C13H22N2O4S/c1-4-8-15(9-5-2)11-6-7-12(13(10-11)19-3)14-20(16,17)18/h6-7,10,14H,4-5,8-9H2,1-3H3,(H,16,17,18). The van der Waals surface area contributed by atoms with Crippen LogP contribution in [0.2, 0.25) is 0 Å². The predicted molar refractivity (Wildman–Crippen MR) is 81.0 cm³/mol. The highest BCUT2D eigenvalue weighted by Gasteiger charge is 2.12. The van der Waals surface area contributed by atoms with E-state index in [9.17, 15) is 8.42 Å². The highest BCUT2D eigenvalue weighted by Crippen LogP contribution is 2.30. The van der Waals surface area contributed by atoms with E-state index in [4.69, 9.17) is 9.29 Å². The van der Waals surface area contributed by atoms with Crippen LogP contribution in [-0.4, -0.2) is 33.2 Å². The molecule has 0 heterocycles. The molecule has 0 atom stereocenters. The molecule has 6 nitrogen and oxygen atoms in total. The van der Waals surface area contributed by atoms with Crippen LogP contribution in [-0.2, 0) is 10.3 Å². The van der Waals surface area contributed by atoms with Crippen LogP contribution in [0.3, 0.4) is 0 Å². The molecule has 0 spiro atoms. The lowest BCUT2D eigenvalue weighted by molar-refractivity contribution is 0.416. The third kappa shape index (κ3) is 4.90. The average molecular weight is 302 g/mol. The molecule has 0 fully saturated rings. The monoisotopic (exact) mass is 302 g/mol. The number of anilines is 2. The quantitative estimate of drug-likeness (QED) is 0.721. The molecule has 0 unspecified atom stereocenters. The fourth-order valence-electron chi connectivity index (χ4n) is 2.01. The number of ether oxygens (including phenoxy) is 1. The van der Waals surface area contributed by atoms with E-state index in [0.717, 1.165) is 31.6 Å². The van der Waals surface area contributed by atoms with Gasteiger partial charge in [0, 0.05) is 24.8 Å². The average Bonchev–Trinajstić information content (AvgIpc) is 2.37. The molecule has 20 heavy (non-hydrogen) atoms. The fourth-order valence-corrected chi connectivity index (χ4v) is 2.46. The van der Waals surface area contributed by atoms with Gasteiger partial charge in [-0.25, -0.2) is 0 Å². The lowest BCUT2D eigenvalue weighted by atomic mass is 10.2. The topological polar surface area (TPSA) is 78.9 Å². The van der Waals surface area contributed by atoms with Gasteiger partial charge < -0.3 is 9.64 Å². The summed E-state index contributed by atoms with van der Waals surface area (Å²) in [5.41, 5.74) is 1.18. The van der Waals surface area contributed by atoms with Crippen molar-refractivity contribution < 1.29 is 17.7 Å². The molecule has 0 aliphatic rings. The molecule has 2 N–H and O–H groups in total. The lowest BCUT2D eigenvalue weighted by Crippen LogP contribution is -2.24. The van der Waals surface area contributed by atoms with Crippen LogP contribution in [0, 0.1) is 0 Å². The van der Waals surface area contributed by atoms with Gasteiger partial charge in [-0.3, -0.25) is 9.27 Å². The minimum absolute atomic E-state index is 0.215. The number of rotatable bonds is 8. The van der Waals surface area contributed by atoms with E-state index in [1.165, 1.54) is 7.11 Å². The second-order valence-corrected chi connectivity index (χ2v) is 5.60. The van der Waals surface area contributed by atoms with Gasteiger partial charge in [0.2, 0.25) is 0 Å². The Labute approximate surface area is 120 Å². The Morgan fingerprint density at radius 3 is 2.30 bits per heavy atom. The molecule has 0 bridgehead atoms. The summed E-state index contributed by atoms with van der Waals surface area (Å²) in [6.07, 6.45) is 2.04. The smallest absolute Gasteiger partial charge is 0.357 e. The van der Waals surface area contributed by atoms with Crippen LogP contribution in [0.15, 0.2) is 18.2 Å². The van der Waals surface area contributed by atoms with Gasteiger partial charge in [0.25, 0.3) is 0 Å². The maximum absolute atomic E-state index is 10.9. The normalized spacial score (nSPS) is 11.2. The van der Waals surface area contributed by atoms with Gasteiger partial charge in [-0.1, -0.05) is 13.8 Å². The number of nitrogens with zero attached hydrogens (tertiary/aromatic N) is 1. The van der Waals surface area contributed by atoms with Crippen LogP contribution in [0.1, 0.15) is 26.7 Å². The summed E-state index contributed by atoms with van der Waals surface area (Å²) in [4.78, 5) is 2.21. The van der Waals surface area contributed by atoms with Gasteiger partial charge in [-0.15, -0.1) is 0 Å². The van der Waals surface area contributed by atoms with Gasteiger partial charge in [-0.2, -0.15) is 8.42 Å². The van der Waals surface area contributed by atoms with Gasteiger partial charge in [0.1, 0.15) is 5.75 Å². The summed E-state index contributed by atoms with van der Waals surface area (Å²) in [5, 5.41) is 0. The lowest BCUT2D eigenvalue weighted by Gasteiger charge is -2.24. The van der Waals surface area contributed by atoms with Gasteiger partial charge in [0.05, 0.1) is 12.8 Å². The number of methoxy groups -OCH3 is 1. The molecule has 0 aliphatic carbocycles. The first-order valence-electron chi connectivity index (χ1n) is 6.59.